The van der Waals surface area contributed by atoms with E-state index >= 15 is 0 Å². The van der Waals surface area contributed by atoms with Crippen LogP contribution in [0.4, 0.5) is 5.69 Å². The predicted molar refractivity (Wildman–Crippen MR) is 50.8 cm³/mol. The maximum absolute atomic E-state index is 11.1. The molecule has 74 valence electrons. The molecule has 0 fully saturated rings. The molecule has 14 heavy (non-hydrogen) atoms. The van der Waals surface area contributed by atoms with Crippen LogP contribution < -0.4 is 10.6 Å². The molecule has 5 heteroatoms. The number of hydrogen-bond donors (Lipinski definition) is 3. The highest BCUT2D eigenvalue weighted by atomic mass is 16.3. The van der Waals surface area contributed by atoms with Crippen LogP contribution in [-0.2, 0) is 9.59 Å². The van der Waals surface area contributed by atoms with Gasteiger partial charge in [-0.3, -0.25) is 9.59 Å². The van der Waals surface area contributed by atoms with Gasteiger partial charge in [-0.05, 0) is 24.3 Å². The largest absolute Gasteiger partial charge is 0.508 e. The van der Waals surface area contributed by atoms with Gasteiger partial charge in [-0.2, -0.15) is 0 Å². The van der Waals surface area contributed by atoms with Crippen molar-refractivity contribution in [3.05, 3.63) is 24.3 Å². The van der Waals surface area contributed by atoms with E-state index in [-0.39, 0.29) is 18.2 Å². The third-order valence-electron chi connectivity index (χ3n) is 1.50. The molecule has 0 aromatic heterocycles. The summed E-state index contributed by atoms with van der Waals surface area (Å²) >= 11 is 0. The van der Waals surface area contributed by atoms with E-state index in [2.05, 4.69) is 10.6 Å². The van der Waals surface area contributed by atoms with E-state index in [4.69, 9.17) is 5.11 Å². The Morgan fingerprint density at radius 2 is 2.00 bits per heavy atom. The molecule has 3 N–H and O–H groups in total. The van der Waals surface area contributed by atoms with Gasteiger partial charge in [0.25, 0.3) is 0 Å². The normalized spacial score (nSPS) is 9.14. The Hall–Kier alpha value is -2.04. The minimum Gasteiger partial charge on any atom is -0.508 e. The van der Waals surface area contributed by atoms with E-state index in [0.29, 0.717) is 12.1 Å². The first kappa shape index (κ1) is 10.0. The zero-order valence-electron chi connectivity index (χ0n) is 7.36. The summed E-state index contributed by atoms with van der Waals surface area (Å²) in [5.41, 5.74) is 0.570. The Morgan fingerprint density at radius 1 is 1.36 bits per heavy atom. The van der Waals surface area contributed by atoms with Gasteiger partial charge in [0.1, 0.15) is 5.75 Å². The van der Waals surface area contributed by atoms with Crippen molar-refractivity contribution in [3.63, 3.8) is 0 Å². The van der Waals surface area contributed by atoms with Crippen LogP contribution in [0, 0.1) is 0 Å². The highest BCUT2D eigenvalue weighted by Gasteiger charge is 2.00. The van der Waals surface area contributed by atoms with E-state index in [1.54, 1.807) is 12.1 Å². The molecular formula is C9H10N2O3. The van der Waals surface area contributed by atoms with E-state index in [1.165, 1.54) is 12.1 Å². The third kappa shape index (κ3) is 3.14. The van der Waals surface area contributed by atoms with Crippen molar-refractivity contribution in [1.29, 1.82) is 0 Å². The first-order valence-electron chi connectivity index (χ1n) is 3.98. The molecular weight excluding hydrogens is 184 g/mol. The van der Waals surface area contributed by atoms with Crippen LogP contribution in [0.1, 0.15) is 0 Å². The summed E-state index contributed by atoms with van der Waals surface area (Å²) in [7, 11) is 0. The fourth-order valence-electron chi connectivity index (χ4n) is 0.884. The average molecular weight is 194 g/mol. The number of nitrogens with one attached hydrogen (secondary N) is 2. The van der Waals surface area contributed by atoms with Crippen molar-refractivity contribution in [3.8, 4) is 5.75 Å². The molecule has 0 heterocycles. The molecule has 1 aromatic rings. The minimum atomic E-state index is -0.317. The van der Waals surface area contributed by atoms with Gasteiger partial charge in [0.05, 0.1) is 6.54 Å². The number of carbonyl (C=O) groups excluding carboxylic acids is 2. The summed E-state index contributed by atoms with van der Waals surface area (Å²) in [4.78, 5) is 20.9. The van der Waals surface area contributed by atoms with Crippen molar-refractivity contribution in [2.24, 2.45) is 0 Å². The van der Waals surface area contributed by atoms with Crippen molar-refractivity contribution in [1.82, 2.24) is 5.32 Å². The number of amides is 2. The maximum Gasteiger partial charge on any atom is 0.243 e. The summed E-state index contributed by atoms with van der Waals surface area (Å²) in [5, 5.41) is 13.7. The van der Waals surface area contributed by atoms with Crippen LogP contribution in [0.3, 0.4) is 0 Å². The molecule has 0 spiro atoms. The Balaban J connectivity index is 2.47. The monoisotopic (exact) mass is 194 g/mol. The lowest BCUT2D eigenvalue weighted by Crippen LogP contribution is -2.26. The first-order valence-corrected chi connectivity index (χ1v) is 3.98. The number of aromatic hydroxyl groups is 1. The van der Waals surface area contributed by atoms with Gasteiger partial charge in [-0.15, -0.1) is 0 Å². The van der Waals surface area contributed by atoms with E-state index in [1.807, 2.05) is 0 Å². The topological polar surface area (TPSA) is 78.4 Å². The number of phenols is 1. The number of rotatable bonds is 4. The Labute approximate surface area is 80.7 Å². The zero-order chi connectivity index (χ0) is 10.4. The first-order chi connectivity index (χ1) is 6.72. The standard InChI is InChI=1S/C9H10N2O3/c12-6-10-5-9(14)11-7-1-3-8(13)4-2-7/h1-4,6,13H,5H2,(H,10,12)(H,11,14). The molecule has 0 unspecified atom stereocenters. The molecule has 1 rings (SSSR count). The number of benzene rings is 1. The number of carbonyl (C=O) groups is 2. The lowest BCUT2D eigenvalue weighted by Gasteiger charge is -2.03. The Bertz CT molecular complexity index is 321. The van der Waals surface area contributed by atoms with Crippen LogP contribution in [-0.4, -0.2) is 24.0 Å². The second-order valence-electron chi connectivity index (χ2n) is 2.59. The smallest absolute Gasteiger partial charge is 0.243 e. The molecule has 0 saturated heterocycles. The van der Waals surface area contributed by atoms with E-state index in [0.717, 1.165) is 0 Å². The van der Waals surface area contributed by atoms with Gasteiger partial charge in [0, 0.05) is 5.69 Å². The van der Waals surface area contributed by atoms with Crippen LogP contribution in [0.5, 0.6) is 5.75 Å². The molecule has 0 radical (unpaired) electrons. The van der Waals surface area contributed by atoms with Crippen molar-refractivity contribution >= 4 is 18.0 Å². The Morgan fingerprint density at radius 3 is 2.57 bits per heavy atom. The molecule has 0 atom stereocenters. The fourth-order valence-corrected chi connectivity index (χ4v) is 0.884. The summed E-state index contributed by atoms with van der Waals surface area (Å²) in [5.74, 6) is -0.184. The van der Waals surface area contributed by atoms with Crippen LogP contribution in [0.15, 0.2) is 24.3 Å². The lowest BCUT2D eigenvalue weighted by atomic mass is 10.3. The van der Waals surface area contributed by atoms with Crippen LogP contribution in [0.25, 0.3) is 0 Å². The SMILES string of the molecule is O=CNCC(=O)Nc1ccc(O)cc1. The summed E-state index contributed by atoms with van der Waals surface area (Å²) in [6, 6.07) is 6.05. The van der Waals surface area contributed by atoms with Gasteiger partial charge >= 0.3 is 0 Å². The summed E-state index contributed by atoms with van der Waals surface area (Å²) < 4.78 is 0. The van der Waals surface area contributed by atoms with Gasteiger partial charge in [-0.25, -0.2) is 0 Å². The quantitative estimate of drug-likeness (QED) is 0.469. The highest BCUT2D eigenvalue weighted by Crippen LogP contribution is 2.13. The molecule has 0 saturated carbocycles. The van der Waals surface area contributed by atoms with E-state index in [9.17, 15) is 9.59 Å². The van der Waals surface area contributed by atoms with Crippen molar-refractivity contribution in [2.75, 3.05) is 11.9 Å². The second-order valence-corrected chi connectivity index (χ2v) is 2.59. The molecule has 1 aromatic carbocycles. The third-order valence-corrected chi connectivity index (χ3v) is 1.50. The second kappa shape index (κ2) is 4.86. The molecule has 2 amide bonds. The number of anilines is 1. The van der Waals surface area contributed by atoms with Gasteiger partial charge < -0.3 is 15.7 Å². The minimum absolute atomic E-state index is 0.0651. The highest BCUT2D eigenvalue weighted by molar-refractivity contribution is 5.93. The fraction of sp³-hybridized carbons (Fsp3) is 0.111. The van der Waals surface area contributed by atoms with E-state index < -0.39 is 0 Å². The summed E-state index contributed by atoms with van der Waals surface area (Å²) in [6.45, 7) is -0.0651. The lowest BCUT2D eigenvalue weighted by molar-refractivity contribution is -0.118. The van der Waals surface area contributed by atoms with Crippen molar-refractivity contribution in [2.45, 2.75) is 0 Å². The maximum atomic E-state index is 11.1. The van der Waals surface area contributed by atoms with Crippen LogP contribution >= 0.6 is 0 Å². The molecule has 0 bridgehead atoms. The average Bonchev–Trinajstić information content (AvgIpc) is 2.18. The van der Waals surface area contributed by atoms with Crippen molar-refractivity contribution < 1.29 is 14.7 Å². The molecule has 0 aliphatic rings. The van der Waals surface area contributed by atoms with Gasteiger partial charge in [0.2, 0.25) is 12.3 Å². The molecule has 5 nitrogen and oxygen atoms in total. The van der Waals surface area contributed by atoms with Gasteiger partial charge in [0.15, 0.2) is 0 Å². The molecule has 0 aliphatic carbocycles. The zero-order valence-corrected chi connectivity index (χ0v) is 7.36. The summed E-state index contributed by atoms with van der Waals surface area (Å²) in [6.07, 6.45) is 0.455. The Kier molecular flexibility index (Phi) is 3.49. The van der Waals surface area contributed by atoms with Gasteiger partial charge in [-0.1, -0.05) is 0 Å². The number of hydrogen-bond acceptors (Lipinski definition) is 3. The van der Waals surface area contributed by atoms with Crippen LogP contribution in [0.2, 0.25) is 0 Å². The number of phenolic OH excluding ortho intramolecular Hbond substituents is 1. The molecule has 0 aliphatic heterocycles. The predicted octanol–water partition coefficient (Wildman–Crippen LogP) is 0.0767.